The molecule has 0 aliphatic carbocycles. The number of halogens is 1. The number of benzene rings is 1. The Morgan fingerprint density at radius 3 is 2.75 bits per heavy atom. The summed E-state index contributed by atoms with van der Waals surface area (Å²) in [5, 5.41) is 4.72. The van der Waals surface area contributed by atoms with E-state index in [1.165, 1.54) is 29.7 Å². The number of carbonyl (C=O) groups excluding carboxylic acids is 1. The first kappa shape index (κ1) is 16.9. The normalized spacial score (nSPS) is 14.8. The largest absolute Gasteiger partial charge is 0.461 e. The Hall–Kier alpha value is -3.20. The number of nitrogens with zero attached hydrogens (tertiary/aromatic N) is 4. The van der Waals surface area contributed by atoms with Crippen LogP contribution >= 0.6 is 11.3 Å². The van der Waals surface area contributed by atoms with Gasteiger partial charge in [0.25, 0.3) is 5.91 Å². The van der Waals surface area contributed by atoms with Crippen molar-refractivity contribution in [2.75, 3.05) is 31.1 Å². The minimum atomic E-state index is -0.264. The number of rotatable bonds is 3. The molecule has 3 aromatic heterocycles. The molecule has 0 N–H and O–H groups in total. The van der Waals surface area contributed by atoms with Crippen LogP contribution in [0.15, 0.2) is 51.6 Å². The summed E-state index contributed by atoms with van der Waals surface area (Å²) >= 11 is 1.46. The van der Waals surface area contributed by atoms with Crippen LogP contribution in [0.4, 0.5) is 9.52 Å². The van der Waals surface area contributed by atoms with Crippen molar-refractivity contribution in [3.8, 4) is 11.5 Å². The Morgan fingerprint density at radius 1 is 1.11 bits per heavy atom. The second-order valence-electron chi connectivity index (χ2n) is 6.44. The molecule has 0 saturated carbocycles. The summed E-state index contributed by atoms with van der Waals surface area (Å²) in [6.07, 6.45) is 1.54. The molecule has 9 heteroatoms. The van der Waals surface area contributed by atoms with Crippen molar-refractivity contribution in [1.82, 2.24) is 15.0 Å². The van der Waals surface area contributed by atoms with Crippen LogP contribution in [0.2, 0.25) is 0 Å². The van der Waals surface area contributed by atoms with Gasteiger partial charge in [-0.3, -0.25) is 4.79 Å². The predicted molar refractivity (Wildman–Crippen MR) is 102 cm³/mol. The Labute approximate surface area is 163 Å². The molecule has 4 heterocycles. The molecule has 1 aliphatic heterocycles. The zero-order valence-electron chi connectivity index (χ0n) is 14.7. The highest BCUT2D eigenvalue weighted by Gasteiger charge is 2.26. The second kappa shape index (κ2) is 6.75. The first-order valence-corrected chi connectivity index (χ1v) is 9.60. The predicted octanol–water partition coefficient (Wildman–Crippen LogP) is 3.65. The van der Waals surface area contributed by atoms with Crippen LogP contribution in [0.25, 0.3) is 21.7 Å². The van der Waals surface area contributed by atoms with Crippen LogP contribution in [0.5, 0.6) is 0 Å². The summed E-state index contributed by atoms with van der Waals surface area (Å²) in [6.45, 7) is 2.39. The summed E-state index contributed by atoms with van der Waals surface area (Å²) in [7, 11) is 0. The highest BCUT2D eigenvalue weighted by Crippen LogP contribution is 2.30. The number of thiazole rings is 1. The molecular formula is C19H15FN4O3S. The molecule has 28 heavy (non-hydrogen) atoms. The monoisotopic (exact) mass is 398 g/mol. The highest BCUT2D eigenvalue weighted by atomic mass is 32.1. The Balaban J connectivity index is 1.26. The van der Waals surface area contributed by atoms with Gasteiger partial charge < -0.3 is 18.7 Å². The van der Waals surface area contributed by atoms with Crippen molar-refractivity contribution in [1.29, 1.82) is 0 Å². The van der Waals surface area contributed by atoms with Gasteiger partial charge >= 0.3 is 0 Å². The summed E-state index contributed by atoms with van der Waals surface area (Å²) in [5.74, 6) is 0.518. The highest BCUT2D eigenvalue weighted by molar-refractivity contribution is 7.22. The topological polar surface area (TPSA) is 75.6 Å². The molecule has 1 amide bonds. The molecule has 0 atom stereocenters. The Kier molecular flexibility index (Phi) is 4.09. The van der Waals surface area contributed by atoms with Crippen molar-refractivity contribution >= 4 is 32.6 Å². The van der Waals surface area contributed by atoms with Crippen LogP contribution in [0.3, 0.4) is 0 Å². The third kappa shape index (κ3) is 3.03. The van der Waals surface area contributed by atoms with Crippen molar-refractivity contribution in [2.24, 2.45) is 0 Å². The van der Waals surface area contributed by atoms with E-state index in [1.54, 1.807) is 29.2 Å². The maximum absolute atomic E-state index is 13.4. The second-order valence-corrected chi connectivity index (χ2v) is 7.45. The fraction of sp³-hybridized carbons (Fsp3) is 0.211. The summed E-state index contributed by atoms with van der Waals surface area (Å²) in [6, 6.07) is 9.68. The zero-order chi connectivity index (χ0) is 19.1. The first-order valence-electron chi connectivity index (χ1n) is 8.78. The lowest BCUT2D eigenvalue weighted by atomic mass is 10.2. The summed E-state index contributed by atoms with van der Waals surface area (Å²) in [4.78, 5) is 21.1. The molecular weight excluding hydrogens is 383 g/mol. The fourth-order valence-corrected chi connectivity index (χ4v) is 4.24. The molecule has 5 rings (SSSR count). The molecule has 1 aromatic carbocycles. The van der Waals surface area contributed by atoms with Gasteiger partial charge in [0.1, 0.15) is 5.82 Å². The van der Waals surface area contributed by atoms with Crippen molar-refractivity contribution in [3.63, 3.8) is 0 Å². The number of amides is 1. The molecule has 0 unspecified atom stereocenters. The van der Waals surface area contributed by atoms with E-state index in [1.807, 2.05) is 0 Å². The lowest BCUT2D eigenvalue weighted by Crippen LogP contribution is -2.48. The smallest absolute Gasteiger partial charge is 0.276 e. The van der Waals surface area contributed by atoms with Gasteiger partial charge in [-0.1, -0.05) is 16.5 Å². The van der Waals surface area contributed by atoms with Crippen LogP contribution in [-0.4, -0.2) is 47.1 Å². The molecule has 0 radical (unpaired) electrons. The minimum Gasteiger partial charge on any atom is -0.461 e. The maximum atomic E-state index is 13.4. The van der Waals surface area contributed by atoms with Gasteiger partial charge in [0.2, 0.25) is 5.76 Å². The average Bonchev–Trinajstić information content (AvgIpc) is 3.46. The van der Waals surface area contributed by atoms with E-state index in [9.17, 15) is 9.18 Å². The van der Waals surface area contributed by atoms with E-state index in [-0.39, 0.29) is 17.4 Å². The van der Waals surface area contributed by atoms with Crippen LogP contribution in [0.1, 0.15) is 10.5 Å². The lowest BCUT2D eigenvalue weighted by Gasteiger charge is -2.34. The van der Waals surface area contributed by atoms with Gasteiger partial charge in [0.05, 0.1) is 16.5 Å². The van der Waals surface area contributed by atoms with Crippen molar-refractivity contribution in [3.05, 3.63) is 54.2 Å². The van der Waals surface area contributed by atoms with Crippen molar-refractivity contribution < 1.29 is 18.1 Å². The average molecular weight is 398 g/mol. The first-order chi connectivity index (χ1) is 13.7. The molecule has 7 nitrogen and oxygen atoms in total. The quantitative estimate of drug-likeness (QED) is 0.524. The SMILES string of the molecule is O=C(c1cc(-c2ccco2)on1)N1CCN(c2nc3ccc(F)cc3s2)CC1. The molecule has 0 bridgehead atoms. The van der Waals surface area contributed by atoms with Gasteiger partial charge in [-0.2, -0.15) is 0 Å². The maximum Gasteiger partial charge on any atom is 0.276 e. The van der Waals surface area contributed by atoms with E-state index in [4.69, 9.17) is 8.94 Å². The summed E-state index contributed by atoms with van der Waals surface area (Å²) < 4.78 is 24.7. The number of hydrogen-bond acceptors (Lipinski definition) is 7. The molecule has 1 aliphatic rings. The van der Waals surface area contributed by atoms with Gasteiger partial charge in [0.15, 0.2) is 16.6 Å². The number of furan rings is 1. The molecule has 142 valence electrons. The molecule has 1 fully saturated rings. The van der Waals surface area contributed by atoms with Gasteiger partial charge in [-0.25, -0.2) is 9.37 Å². The lowest BCUT2D eigenvalue weighted by molar-refractivity contribution is 0.0736. The molecule has 1 saturated heterocycles. The molecule has 0 spiro atoms. The molecule has 4 aromatic rings. The van der Waals surface area contributed by atoms with Gasteiger partial charge in [-0.05, 0) is 30.3 Å². The van der Waals surface area contributed by atoms with Gasteiger partial charge in [0, 0.05) is 32.2 Å². The number of piperazine rings is 1. The third-order valence-electron chi connectivity index (χ3n) is 4.67. The third-order valence-corrected chi connectivity index (χ3v) is 5.75. The minimum absolute atomic E-state index is 0.174. The van der Waals surface area contributed by atoms with E-state index in [2.05, 4.69) is 15.0 Å². The standard InChI is InChI=1S/C19H15FN4O3S/c20-12-3-4-13-17(10-12)28-19(21-13)24-7-5-23(6-8-24)18(25)14-11-16(27-22-14)15-2-1-9-26-15/h1-4,9-11H,5-8H2. The number of fused-ring (bicyclic) bond motifs is 1. The fourth-order valence-electron chi connectivity index (χ4n) is 3.20. The number of anilines is 1. The van der Waals surface area contributed by atoms with E-state index in [0.29, 0.717) is 37.7 Å². The van der Waals surface area contributed by atoms with Crippen LogP contribution in [-0.2, 0) is 0 Å². The number of aromatic nitrogens is 2. The number of hydrogen-bond donors (Lipinski definition) is 0. The van der Waals surface area contributed by atoms with Crippen molar-refractivity contribution in [2.45, 2.75) is 0 Å². The van der Waals surface area contributed by atoms with E-state index in [0.717, 1.165) is 15.3 Å². The summed E-state index contributed by atoms with van der Waals surface area (Å²) in [5.41, 5.74) is 1.04. The van der Waals surface area contributed by atoms with E-state index >= 15 is 0 Å². The number of carbonyl (C=O) groups is 1. The van der Waals surface area contributed by atoms with Gasteiger partial charge in [-0.15, -0.1) is 0 Å². The van der Waals surface area contributed by atoms with Crippen LogP contribution in [0, 0.1) is 5.82 Å². The van der Waals surface area contributed by atoms with Crippen LogP contribution < -0.4 is 4.90 Å². The van der Waals surface area contributed by atoms with E-state index < -0.39 is 0 Å². The Morgan fingerprint density at radius 2 is 1.96 bits per heavy atom. The Bertz CT molecular complexity index is 1130. The zero-order valence-corrected chi connectivity index (χ0v) is 15.5.